The van der Waals surface area contributed by atoms with Gasteiger partial charge in [0.15, 0.2) is 0 Å². The highest BCUT2D eigenvalue weighted by molar-refractivity contribution is 5.85. The first kappa shape index (κ1) is 14.3. The Bertz CT molecular complexity index is 326. The number of carbonyl (C=O) groups excluding carboxylic acids is 2. The Morgan fingerprint density at radius 3 is 2.39 bits per heavy atom. The van der Waals surface area contributed by atoms with E-state index in [0.717, 1.165) is 37.3 Å². The maximum Gasteiger partial charge on any atom is 0.323 e. The lowest BCUT2D eigenvalue weighted by molar-refractivity contribution is -0.137. The summed E-state index contributed by atoms with van der Waals surface area (Å²) in [6.07, 6.45) is 3.13. The third-order valence-electron chi connectivity index (χ3n) is 2.82. The lowest BCUT2D eigenvalue weighted by atomic mass is 10.1. The van der Waals surface area contributed by atoms with Gasteiger partial charge in [-0.2, -0.15) is 0 Å². The number of nitrogens with one attached hydrogen (secondary N) is 1. The lowest BCUT2D eigenvalue weighted by Crippen LogP contribution is -2.46. The quantitative estimate of drug-likeness (QED) is 0.725. The normalized spacial score (nSPS) is 15.1. The molecule has 18 heavy (non-hydrogen) atoms. The summed E-state index contributed by atoms with van der Waals surface area (Å²) in [6, 6.07) is -0.553. The van der Waals surface area contributed by atoms with Crippen molar-refractivity contribution in [2.24, 2.45) is 0 Å². The Hall–Kier alpha value is -1.79. The number of carbonyl (C=O) groups is 3. The van der Waals surface area contributed by atoms with Crippen LogP contribution in [0.25, 0.3) is 0 Å². The number of amides is 3. The topological polar surface area (TPSA) is 90.0 Å². The van der Waals surface area contributed by atoms with E-state index < -0.39 is 12.0 Å². The number of hydrogen-bond acceptors (Lipinski definition) is 3. The molecule has 1 aliphatic heterocycles. The first-order valence-corrected chi connectivity index (χ1v) is 5.99. The Morgan fingerprint density at radius 1 is 1.22 bits per heavy atom. The van der Waals surface area contributed by atoms with Gasteiger partial charge in [0, 0.05) is 20.1 Å². The Balaban J connectivity index is 2.28. The van der Waals surface area contributed by atoms with E-state index in [9.17, 15) is 14.4 Å². The van der Waals surface area contributed by atoms with E-state index in [-0.39, 0.29) is 19.0 Å². The highest BCUT2D eigenvalue weighted by atomic mass is 16.4. The van der Waals surface area contributed by atoms with Crippen LogP contribution >= 0.6 is 0 Å². The number of piperidine rings is 1. The number of nitrogens with zero attached hydrogens (tertiary/aromatic N) is 2. The van der Waals surface area contributed by atoms with Gasteiger partial charge in [-0.05, 0) is 19.3 Å². The van der Waals surface area contributed by atoms with E-state index in [2.05, 4.69) is 5.32 Å². The fourth-order valence-corrected chi connectivity index (χ4v) is 1.82. The van der Waals surface area contributed by atoms with Crippen molar-refractivity contribution in [3.63, 3.8) is 0 Å². The van der Waals surface area contributed by atoms with Crippen LogP contribution in [0, 0.1) is 0 Å². The van der Waals surface area contributed by atoms with E-state index in [1.165, 1.54) is 7.05 Å². The number of aliphatic carboxylic acids is 1. The van der Waals surface area contributed by atoms with Crippen molar-refractivity contribution in [3.05, 3.63) is 0 Å². The molecule has 7 nitrogen and oxygen atoms in total. The molecule has 7 heteroatoms. The molecule has 0 atom stereocenters. The number of likely N-dealkylation sites (tertiary alicyclic amines) is 1. The van der Waals surface area contributed by atoms with E-state index in [0.29, 0.717) is 0 Å². The summed E-state index contributed by atoms with van der Waals surface area (Å²) in [7, 11) is 1.37. The molecular formula is C11H19N3O4. The number of carboxylic acids is 1. The molecule has 1 rings (SSSR count). The summed E-state index contributed by atoms with van der Waals surface area (Å²) in [4.78, 5) is 36.3. The standard InChI is InChI=1S/C11H19N3O4/c1-13(8-10(16)17)11(18)12-7-9(15)14-5-3-2-4-6-14/h2-8H2,1H3,(H,12,18)(H,16,17). The summed E-state index contributed by atoms with van der Waals surface area (Å²) in [5.74, 6) is -1.21. The van der Waals surface area contributed by atoms with Crippen LogP contribution in [0.15, 0.2) is 0 Å². The van der Waals surface area contributed by atoms with Crippen LogP contribution in [0.4, 0.5) is 4.79 Å². The molecule has 0 radical (unpaired) electrons. The summed E-state index contributed by atoms with van der Waals surface area (Å²) in [6.45, 7) is 1.01. The van der Waals surface area contributed by atoms with Crippen molar-refractivity contribution in [2.45, 2.75) is 19.3 Å². The Morgan fingerprint density at radius 2 is 1.83 bits per heavy atom. The fraction of sp³-hybridized carbons (Fsp3) is 0.727. The predicted molar refractivity (Wildman–Crippen MR) is 64.1 cm³/mol. The largest absolute Gasteiger partial charge is 0.480 e. The van der Waals surface area contributed by atoms with Gasteiger partial charge in [0.2, 0.25) is 5.91 Å². The van der Waals surface area contributed by atoms with E-state index in [1.807, 2.05) is 0 Å². The number of rotatable bonds is 4. The van der Waals surface area contributed by atoms with Crippen molar-refractivity contribution in [3.8, 4) is 0 Å². The minimum absolute atomic E-state index is 0.0806. The third kappa shape index (κ3) is 4.60. The van der Waals surface area contributed by atoms with Crippen molar-refractivity contribution < 1.29 is 19.5 Å². The first-order chi connectivity index (χ1) is 8.50. The van der Waals surface area contributed by atoms with Gasteiger partial charge in [-0.15, -0.1) is 0 Å². The number of hydrogen-bond donors (Lipinski definition) is 2. The van der Waals surface area contributed by atoms with Gasteiger partial charge in [-0.1, -0.05) is 0 Å². The number of carboxylic acid groups (broad SMARTS) is 1. The molecule has 0 bridgehead atoms. The maximum atomic E-state index is 11.7. The average Bonchev–Trinajstić information content (AvgIpc) is 2.35. The Labute approximate surface area is 106 Å². The number of urea groups is 1. The van der Waals surface area contributed by atoms with Crippen LogP contribution in [0.1, 0.15) is 19.3 Å². The SMILES string of the molecule is CN(CC(=O)O)C(=O)NCC(=O)N1CCCCC1. The van der Waals surface area contributed by atoms with E-state index in [1.54, 1.807) is 4.90 Å². The molecule has 0 aromatic carbocycles. The molecule has 0 aromatic heterocycles. The second-order valence-corrected chi connectivity index (χ2v) is 4.35. The molecule has 2 N–H and O–H groups in total. The lowest BCUT2D eigenvalue weighted by Gasteiger charge is -2.27. The van der Waals surface area contributed by atoms with Crippen LogP contribution < -0.4 is 5.32 Å². The van der Waals surface area contributed by atoms with Crippen molar-refractivity contribution in [1.82, 2.24) is 15.1 Å². The molecule has 1 saturated heterocycles. The minimum Gasteiger partial charge on any atom is -0.480 e. The van der Waals surface area contributed by atoms with Crippen LogP contribution in [0.3, 0.4) is 0 Å². The molecule has 0 aromatic rings. The van der Waals surface area contributed by atoms with Crippen molar-refractivity contribution in [2.75, 3.05) is 33.2 Å². The monoisotopic (exact) mass is 257 g/mol. The molecule has 102 valence electrons. The van der Waals surface area contributed by atoms with E-state index >= 15 is 0 Å². The summed E-state index contributed by atoms with van der Waals surface area (Å²) in [5, 5.41) is 10.9. The Kier molecular flexibility index (Phi) is 5.41. The highest BCUT2D eigenvalue weighted by Crippen LogP contribution is 2.08. The molecule has 3 amide bonds. The van der Waals surface area contributed by atoms with Gasteiger partial charge in [0.1, 0.15) is 6.54 Å². The van der Waals surface area contributed by atoms with Crippen molar-refractivity contribution in [1.29, 1.82) is 0 Å². The maximum absolute atomic E-state index is 11.7. The zero-order chi connectivity index (χ0) is 13.5. The van der Waals surface area contributed by atoms with Gasteiger partial charge in [0.05, 0.1) is 6.54 Å². The molecular weight excluding hydrogens is 238 g/mol. The summed E-state index contributed by atoms with van der Waals surface area (Å²) in [5.41, 5.74) is 0. The van der Waals surface area contributed by atoms with E-state index in [4.69, 9.17) is 5.11 Å². The molecule has 0 aliphatic carbocycles. The molecule has 1 heterocycles. The molecule has 1 aliphatic rings. The third-order valence-corrected chi connectivity index (χ3v) is 2.82. The molecule has 1 fully saturated rings. The molecule has 0 saturated carbocycles. The second kappa shape index (κ2) is 6.83. The van der Waals surface area contributed by atoms with Gasteiger partial charge in [0.25, 0.3) is 0 Å². The zero-order valence-electron chi connectivity index (χ0n) is 10.5. The molecule has 0 spiro atoms. The van der Waals surface area contributed by atoms with Crippen LogP contribution in [-0.4, -0.2) is 66.0 Å². The predicted octanol–water partition coefficient (Wildman–Crippen LogP) is -0.275. The highest BCUT2D eigenvalue weighted by Gasteiger charge is 2.18. The minimum atomic E-state index is -1.09. The van der Waals surface area contributed by atoms with Gasteiger partial charge < -0.3 is 20.2 Å². The van der Waals surface area contributed by atoms with Crippen LogP contribution in [0.5, 0.6) is 0 Å². The number of likely N-dealkylation sites (N-methyl/N-ethyl adjacent to an activating group) is 1. The summed E-state index contributed by atoms with van der Waals surface area (Å²) < 4.78 is 0. The van der Waals surface area contributed by atoms with Crippen LogP contribution in [0.2, 0.25) is 0 Å². The average molecular weight is 257 g/mol. The molecule has 0 unspecified atom stereocenters. The zero-order valence-corrected chi connectivity index (χ0v) is 10.5. The van der Waals surface area contributed by atoms with Crippen molar-refractivity contribution >= 4 is 17.9 Å². The van der Waals surface area contributed by atoms with Gasteiger partial charge in [-0.3, -0.25) is 9.59 Å². The smallest absolute Gasteiger partial charge is 0.323 e. The first-order valence-electron chi connectivity index (χ1n) is 5.99. The van der Waals surface area contributed by atoms with Gasteiger partial charge >= 0.3 is 12.0 Å². The fourth-order valence-electron chi connectivity index (χ4n) is 1.82. The second-order valence-electron chi connectivity index (χ2n) is 4.35. The van der Waals surface area contributed by atoms with Crippen LogP contribution in [-0.2, 0) is 9.59 Å². The summed E-state index contributed by atoms with van der Waals surface area (Å²) >= 11 is 0. The van der Waals surface area contributed by atoms with Gasteiger partial charge in [-0.25, -0.2) is 4.79 Å².